The molecule has 0 aliphatic rings. The minimum absolute atomic E-state index is 0.277. The van der Waals surface area contributed by atoms with E-state index in [2.05, 4.69) is 9.68 Å². The number of ether oxygens (including phenoxy) is 1. The molecule has 2 aromatic heterocycles. The Labute approximate surface area is 161 Å². The van der Waals surface area contributed by atoms with E-state index in [0.717, 1.165) is 9.40 Å². The third kappa shape index (κ3) is 5.26. The molecule has 1 unspecified atom stereocenters. The Morgan fingerprint density at radius 3 is 2.50 bits per heavy atom. The van der Waals surface area contributed by atoms with Crippen LogP contribution in [0.15, 0.2) is 26.1 Å². The summed E-state index contributed by atoms with van der Waals surface area (Å²) in [5.41, 5.74) is -0.698. The third-order valence-corrected chi connectivity index (χ3v) is 7.24. The first-order chi connectivity index (χ1) is 11.9. The van der Waals surface area contributed by atoms with Gasteiger partial charge in [0.25, 0.3) is 5.91 Å². The first kappa shape index (κ1) is 20.8. The van der Waals surface area contributed by atoms with Crippen LogP contribution >= 0.6 is 22.7 Å². The summed E-state index contributed by atoms with van der Waals surface area (Å²) < 4.78 is 23.9. The normalized spacial score (nSPS) is 15.5. The third-order valence-electron chi connectivity index (χ3n) is 3.24. The molecule has 144 valence electrons. The van der Waals surface area contributed by atoms with Crippen molar-refractivity contribution in [2.75, 3.05) is 0 Å². The lowest BCUT2D eigenvalue weighted by Gasteiger charge is -2.24. The highest BCUT2D eigenvalue weighted by molar-refractivity contribution is 7.94. The summed E-state index contributed by atoms with van der Waals surface area (Å²) >= 11 is 2.74. The average Bonchev–Trinajstić information content (AvgIpc) is 3.03. The van der Waals surface area contributed by atoms with Crippen molar-refractivity contribution in [1.29, 1.82) is 0 Å². The van der Waals surface area contributed by atoms with E-state index in [4.69, 9.17) is 9.88 Å². The molecule has 2 atom stereocenters. The molecular formula is C16H23N3O4S3. The van der Waals surface area contributed by atoms with Crippen LogP contribution in [0.4, 0.5) is 4.79 Å². The summed E-state index contributed by atoms with van der Waals surface area (Å²) in [6.07, 6.45) is -0.736. The predicted octanol–water partition coefficient (Wildman–Crippen LogP) is 3.74. The fourth-order valence-electron chi connectivity index (χ4n) is 2.07. The minimum Gasteiger partial charge on any atom is -0.444 e. The van der Waals surface area contributed by atoms with E-state index in [9.17, 15) is 13.8 Å². The molecule has 0 aliphatic carbocycles. The first-order valence-electron chi connectivity index (χ1n) is 7.94. The number of nitrogens with one attached hydrogen (secondary N) is 1. The van der Waals surface area contributed by atoms with Crippen molar-refractivity contribution < 1.29 is 18.5 Å². The van der Waals surface area contributed by atoms with E-state index in [1.165, 1.54) is 22.7 Å². The Hall–Kier alpha value is -1.49. The summed E-state index contributed by atoms with van der Waals surface area (Å²) in [4.78, 5) is 24.5. The van der Waals surface area contributed by atoms with E-state index in [1.54, 1.807) is 40.7 Å². The topological polar surface area (TPSA) is 111 Å². The van der Waals surface area contributed by atoms with E-state index < -0.39 is 33.6 Å². The van der Waals surface area contributed by atoms with Gasteiger partial charge >= 0.3 is 6.09 Å². The van der Waals surface area contributed by atoms with Crippen molar-refractivity contribution in [2.24, 2.45) is 15.4 Å². The molecule has 0 fully saturated rings. The summed E-state index contributed by atoms with van der Waals surface area (Å²) in [5.74, 6) is -1.02. The van der Waals surface area contributed by atoms with Gasteiger partial charge in [0.15, 0.2) is 9.92 Å². The first-order valence-corrected chi connectivity index (χ1v) is 11.2. The van der Waals surface area contributed by atoms with Crippen molar-refractivity contribution in [3.05, 3.63) is 17.5 Å². The molecule has 0 saturated heterocycles. The zero-order valence-corrected chi connectivity index (χ0v) is 17.7. The largest absolute Gasteiger partial charge is 0.444 e. The molecule has 2 amide bonds. The van der Waals surface area contributed by atoms with E-state index in [-0.39, 0.29) is 5.92 Å². The van der Waals surface area contributed by atoms with Crippen LogP contribution < -0.4 is 10.5 Å². The molecule has 2 aromatic rings. The van der Waals surface area contributed by atoms with Crippen molar-refractivity contribution in [1.82, 2.24) is 5.32 Å². The maximum Gasteiger partial charge on any atom is 0.408 e. The number of carbonyl (C=O) groups is 2. The highest BCUT2D eigenvalue weighted by Crippen LogP contribution is 2.32. The molecule has 10 heteroatoms. The molecule has 3 N–H and O–H groups in total. The van der Waals surface area contributed by atoms with Gasteiger partial charge in [-0.25, -0.2) is 14.1 Å². The molecule has 0 aliphatic heterocycles. The van der Waals surface area contributed by atoms with Gasteiger partial charge < -0.3 is 10.1 Å². The smallest absolute Gasteiger partial charge is 0.408 e. The van der Waals surface area contributed by atoms with Crippen molar-refractivity contribution >= 4 is 54.0 Å². The summed E-state index contributed by atoms with van der Waals surface area (Å²) in [5, 5.41) is 10.3. The van der Waals surface area contributed by atoms with Crippen LogP contribution in [-0.2, 0) is 19.4 Å². The number of carbonyl (C=O) groups excluding carboxylic acids is 2. The number of nitrogens with two attached hydrogens (primary N) is 1. The lowest BCUT2D eigenvalue weighted by atomic mass is 10.0. The van der Waals surface area contributed by atoms with Gasteiger partial charge in [-0.3, -0.25) is 4.79 Å². The van der Waals surface area contributed by atoms with Crippen molar-refractivity contribution in [3.8, 4) is 0 Å². The Morgan fingerprint density at radius 2 is 1.96 bits per heavy atom. The van der Waals surface area contributed by atoms with Gasteiger partial charge in [0.05, 0.1) is 0 Å². The second kappa shape index (κ2) is 7.63. The number of hydrogen-bond donors (Lipinski definition) is 2. The fraction of sp³-hybridized carbons (Fsp3) is 0.500. The number of rotatable bonds is 4. The van der Waals surface area contributed by atoms with Crippen LogP contribution in [0.5, 0.6) is 0 Å². The number of fused-ring (bicyclic) bond motifs is 1. The van der Waals surface area contributed by atoms with Gasteiger partial charge in [0, 0.05) is 9.40 Å². The maximum absolute atomic E-state index is 12.8. The van der Waals surface area contributed by atoms with Crippen LogP contribution in [0.1, 0.15) is 34.6 Å². The summed E-state index contributed by atoms with van der Waals surface area (Å²) in [6.45, 7) is 8.65. The number of thiophene rings is 2. The van der Waals surface area contributed by atoms with Crippen LogP contribution in [0, 0.1) is 5.92 Å². The molecule has 2 heterocycles. The van der Waals surface area contributed by atoms with Crippen LogP contribution in [0.3, 0.4) is 0 Å². The predicted molar refractivity (Wildman–Crippen MR) is 106 cm³/mol. The quantitative estimate of drug-likeness (QED) is 0.789. The zero-order valence-electron chi connectivity index (χ0n) is 15.3. The molecule has 7 nitrogen and oxygen atoms in total. The minimum atomic E-state index is -3.38. The second-order valence-electron chi connectivity index (χ2n) is 7.08. The summed E-state index contributed by atoms with van der Waals surface area (Å²) in [7, 11) is -3.38. The SMILES string of the molecule is CC(C)[C@H](NC(=O)OC(C)(C)C)C(=O)N=S(N)(=O)c1cc2sccc2s1. The second-order valence-corrected chi connectivity index (χ2v) is 11.1. The number of hydrogen-bond acceptors (Lipinski definition) is 6. The summed E-state index contributed by atoms with van der Waals surface area (Å²) in [6, 6.07) is 2.61. The maximum atomic E-state index is 12.8. The van der Waals surface area contributed by atoms with E-state index in [1.807, 2.05) is 11.4 Å². The van der Waals surface area contributed by atoms with Crippen LogP contribution in [0.25, 0.3) is 9.40 Å². The monoisotopic (exact) mass is 417 g/mol. The lowest BCUT2D eigenvalue weighted by molar-refractivity contribution is -0.120. The van der Waals surface area contributed by atoms with E-state index in [0.29, 0.717) is 4.21 Å². The molecule has 0 saturated carbocycles. The standard InChI is InChI=1S/C16H23N3O4S3/c1-9(2)13(18-15(21)23-16(3,4)5)14(20)19-26(17,22)12-8-11-10(25-12)6-7-24-11/h6-9,13H,1-5H3,(H,18,21)(H2,17,19,20,22)/t13-,26?/m0/s1. The van der Waals surface area contributed by atoms with Gasteiger partial charge in [-0.1, -0.05) is 13.8 Å². The zero-order chi connectivity index (χ0) is 19.7. The van der Waals surface area contributed by atoms with Crippen molar-refractivity contribution in [2.45, 2.75) is 50.5 Å². The molecule has 0 radical (unpaired) electrons. The highest BCUT2D eigenvalue weighted by Gasteiger charge is 2.28. The molecule has 0 bridgehead atoms. The van der Waals surface area contributed by atoms with Crippen LogP contribution in [-0.4, -0.2) is 27.9 Å². The number of nitrogens with zero attached hydrogens (tertiary/aromatic N) is 1. The van der Waals surface area contributed by atoms with Gasteiger partial charge in [-0.15, -0.1) is 27.0 Å². The number of amides is 2. The van der Waals surface area contributed by atoms with Crippen LogP contribution in [0.2, 0.25) is 0 Å². The highest BCUT2D eigenvalue weighted by atomic mass is 32.2. The fourth-order valence-corrected chi connectivity index (χ4v) is 5.60. The Kier molecular flexibility index (Phi) is 6.11. The molecule has 2 rings (SSSR count). The molecular weight excluding hydrogens is 394 g/mol. The van der Waals surface area contributed by atoms with Gasteiger partial charge in [-0.05, 0) is 44.2 Å². The van der Waals surface area contributed by atoms with Gasteiger partial charge in [0.1, 0.15) is 15.9 Å². The lowest BCUT2D eigenvalue weighted by Crippen LogP contribution is -2.46. The number of alkyl carbamates (subject to hydrolysis) is 1. The molecule has 26 heavy (non-hydrogen) atoms. The molecule has 0 spiro atoms. The van der Waals surface area contributed by atoms with Gasteiger partial charge in [0.2, 0.25) is 0 Å². The van der Waals surface area contributed by atoms with Crippen molar-refractivity contribution in [3.63, 3.8) is 0 Å². The average molecular weight is 418 g/mol. The Morgan fingerprint density at radius 1 is 1.31 bits per heavy atom. The Bertz CT molecular complexity index is 902. The van der Waals surface area contributed by atoms with Gasteiger partial charge in [-0.2, -0.15) is 0 Å². The molecule has 0 aromatic carbocycles. The Balaban J connectivity index is 2.24. The van der Waals surface area contributed by atoms with E-state index >= 15 is 0 Å².